The first-order chi connectivity index (χ1) is 31.0. The van der Waals surface area contributed by atoms with Crippen LogP contribution in [0.25, 0.3) is 0 Å². The van der Waals surface area contributed by atoms with Crippen molar-refractivity contribution in [1.82, 2.24) is 0 Å². The smallest absolute Gasteiger partial charge is 0.462 e. The summed E-state index contributed by atoms with van der Waals surface area (Å²) in [5.41, 5.74) is 0. The molecule has 10 heteroatoms. The molecule has 2 atom stereocenters. The Hall–Kier alpha value is -2.29. The summed E-state index contributed by atoms with van der Waals surface area (Å²) in [6.07, 6.45) is 57.6. The summed E-state index contributed by atoms with van der Waals surface area (Å²) in [5, 5.41) is 0. The van der Waals surface area contributed by atoms with Gasteiger partial charge in [-0.2, -0.15) is 0 Å². The van der Waals surface area contributed by atoms with Crippen molar-refractivity contribution in [3.05, 3.63) is 60.8 Å². The molecular formula is C54H99NO8P+. The molecule has 0 aromatic carbocycles. The average molecular weight is 921 g/mol. The highest BCUT2D eigenvalue weighted by atomic mass is 31.2. The zero-order valence-electron chi connectivity index (χ0n) is 42.0. The van der Waals surface area contributed by atoms with Crippen LogP contribution in [0, 0.1) is 0 Å². The monoisotopic (exact) mass is 921 g/mol. The predicted molar refractivity (Wildman–Crippen MR) is 270 cm³/mol. The van der Waals surface area contributed by atoms with Gasteiger partial charge >= 0.3 is 19.8 Å². The molecule has 0 aliphatic heterocycles. The predicted octanol–water partition coefficient (Wildman–Crippen LogP) is 15.6. The van der Waals surface area contributed by atoms with E-state index in [0.717, 1.165) is 44.9 Å². The Balaban J connectivity index is 4.22. The Morgan fingerprint density at radius 2 is 0.875 bits per heavy atom. The van der Waals surface area contributed by atoms with Crippen LogP contribution in [0.1, 0.15) is 219 Å². The second-order valence-corrected chi connectivity index (χ2v) is 20.0. The zero-order valence-corrected chi connectivity index (χ0v) is 42.9. The number of allylic oxidation sites excluding steroid dienone is 9. The first kappa shape index (κ1) is 61.7. The van der Waals surface area contributed by atoms with Crippen molar-refractivity contribution in [2.45, 2.75) is 225 Å². The highest BCUT2D eigenvalue weighted by Crippen LogP contribution is 2.43. The second kappa shape index (κ2) is 45.8. The molecule has 372 valence electrons. The van der Waals surface area contributed by atoms with Crippen LogP contribution < -0.4 is 0 Å². The second-order valence-electron chi connectivity index (χ2n) is 18.6. The van der Waals surface area contributed by atoms with E-state index in [4.69, 9.17) is 18.5 Å². The lowest BCUT2D eigenvalue weighted by Crippen LogP contribution is -2.37. The van der Waals surface area contributed by atoms with Gasteiger partial charge < -0.3 is 18.9 Å². The van der Waals surface area contributed by atoms with Crippen molar-refractivity contribution < 1.29 is 42.1 Å². The molecule has 0 spiro atoms. The van der Waals surface area contributed by atoms with Gasteiger partial charge in [0, 0.05) is 6.42 Å². The number of likely N-dealkylation sites (N-methyl/N-ethyl adjacent to an activating group) is 1. The van der Waals surface area contributed by atoms with Crippen LogP contribution in [0.3, 0.4) is 0 Å². The number of carbonyl (C=O) groups excluding carboxylic acids is 2. The van der Waals surface area contributed by atoms with E-state index in [1.165, 1.54) is 141 Å². The Kier molecular flexibility index (Phi) is 44.2. The minimum absolute atomic E-state index is 0.00825. The van der Waals surface area contributed by atoms with Gasteiger partial charge in [-0.1, -0.05) is 229 Å². The summed E-state index contributed by atoms with van der Waals surface area (Å²) < 4.78 is 34.3. The summed E-state index contributed by atoms with van der Waals surface area (Å²) in [7, 11) is 1.42. The quantitative estimate of drug-likeness (QED) is 0.0211. The van der Waals surface area contributed by atoms with E-state index in [0.29, 0.717) is 17.4 Å². The standard InChI is InChI=1S/C54H98NO8P/c1-6-8-10-12-14-16-18-20-22-23-24-25-26-27-28-29-30-31-33-34-36-38-40-42-44-46-53(56)60-50-52(51-62-64(58,59)61-49-48-55(3,4)5)63-54(57)47-45-43-41-39-37-35-32-21-19-17-15-13-11-9-7-2/h9,11,15,17,21,32,37,39,43,45,52H,6-8,10,12-14,16,18-20,22-31,33-36,38,40-42,44,46-51H2,1-5H3/p+1/b11-9-,17-15-,32-21-,39-37-,45-43-. The molecule has 0 fully saturated rings. The molecule has 64 heavy (non-hydrogen) atoms. The van der Waals surface area contributed by atoms with Gasteiger partial charge in [0.15, 0.2) is 6.10 Å². The van der Waals surface area contributed by atoms with E-state index in [1.807, 2.05) is 33.3 Å². The summed E-state index contributed by atoms with van der Waals surface area (Å²) in [6.45, 7) is 4.22. The average Bonchev–Trinajstić information content (AvgIpc) is 3.25. The summed E-state index contributed by atoms with van der Waals surface area (Å²) in [6, 6.07) is 0. The topological polar surface area (TPSA) is 108 Å². The zero-order chi connectivity index (χ0) is 47.1. The largest absolute Gasteiger partial charge is 0.472 e. The van der Waals surface area contributed by atoms with Crippen LogP contribution in [-0.4, -0.2) is 74.9 Å². The van der Waals surface area contributed by atoms with Gasteiger partial charge in [-0.15, -0.1) is 0 Å². The van der Waals surface area contributed by atoms with Crippen LogP contribution in [0.15, 0.2) is 60.8 Å². The Morgan fingerprint density at radius 3 is 1.27 bits per heavy atom. The van der Waals surface area contributed by atoms with Crippen LogP contribution >= 0.6 is 7.82 Å². The normalized spacial score (nSPS) is 13.9. The molecule has 9 nitrogen and oxygen atoms in total. The SMILES string of the molecule is CC/C=C\C/C=C\C/C=C\C/C=C\C/C=C\CC(=O)OC(COC(=O)CCCCCCCCCCCCCCCCCCCCCCCCCCC)COP(=O)(O)OCC[N+](C)(C)C. The van der Waals surface area contributed by atoms with E-state index < -0.39 is 26.5 Å². The highest BCUT2D eigenvalue weighted by Gasteiger charge is 2.27. The number of unbranched alkanes of at least 4 members (excludes halogenated alkanes) is 24. The number of hydrogen-bond acceptors (Lipinski definition) is 7. The first-order valence-electron chi connectivity index (χ1n) is 26.0. The number of rotatable bonds is 47. The summed E-state index contributed by atoms with van der Waals surface area (Å²) in [4.78, 5) is 35.4. The molecule has 0 saturated carbocycles. The number of quaternary nitrogens is 1. The molecule has 2 unspecified atom stereocenters. The maximum Gasteiger partial charge on any atom is 0.472 e. The Morgan fingerprint density at radius 1 is 0.500 bits per heavy atom. The van der Waals surface area contributed by atoms with Crippen LogP contribution in [0.5, 0.6) is 0 Å². The number of hydrogen-bond donors (Lipinski definition) is 1. The van der Waals surface area contributed by atoms with Gasteiger partial charge in [-0.3, -0.25) is 18.6 Å². The van der Waals surface area contributed by atoms with Crippen molar-refractivity contribution in [2.75, 3.05) is 47.5 Å². The minimum atomic E-state index is -4.40. The molecule has 0 amide bonds. The first-order valence-corrected chi connectivity index (χ1v) is 27.5. The van der Waals surface area contributed by atoms with Crippen molar-refractivity contribution in [2.24, 2.45) is 0 Å². The molecule has 0 aromatic rings. The fourth-order valence-electron chi connectivity index (χ4n) is 7.09. The third kappa shape index (κ3) is 49.2. The lowest BCUT2D eigenvalue weighted by atomic mass is 10.0. The van der Waals surface area contributed by atoms with E-state index in [1.54, 1.807) is 6.08 Å². The van der Waals surface area contributed by atoms with Crippen molar-refractivity contribution in [1.29, 1.82) is 0 Å². The molecule has 0 rings (SSSR count). The minimum Gasteiger partial charge on any atom is -0.462 e. The maximum atomic E-state index is 12.7. The van der Waals surface area contributed by atoms with Gasteiger partial charge in [-0.05, 0) is 38.5 Å². The van der Waals surface area contributed by atoms with E-state index in [9.17, 15) is 19.0 Å². The van der Waals surface area contributed by atoms with Gasteiger partial charge in [0.2, 0.25) is 0 Å². The highest BCUT2D eigenvalue weighted by molar-refractivity contribution is 7.47. The Bertz CT molecular complexity index is 1270. The fraction of sp³-hybridized carbons (Fsp3) is 0.778. The fourth-order valence-corrected chi connectivity index (χ4v) is 7.83. The number of ether oxygens (including phenoxy) is 2. The molecule has 0 aromatic heterocycles. The van der Waals surface area contributed by atoms with E-state index >= 15 is 0 Å². The molecule has 0 aliphatic rings. The molecule has 0 radical (unpaired) electrons. The van der Waals surface area contributed by atoms with Crippen LogP contribution in [-0.2, 0) is 32.7 Å². The molecule has 0 heterocycles. The summed E-state index contributed by atoms with van der Waals surface area (Å²) >= 11 is 0. The molecular weight excluding hydrogens is 822 g/mol. The van der Waals surface area contributed by atoms with Gasteiger partial charge in [-0.25, -0.2) is 4.57 Å². The lowest BCUT2D eigenvalue weighted by molar-refractivity contribution is -0.870. The number of phosphoric ester groups is 1. The van der Waals surface area contributed by atoms with Crippen molar-refractivity contribution in [3.8, 4) is 0 Å². The van der Waals surface area contributed by atoms with Gasteiger partial charge in [0.05, 0.1) is 34.2 Å². The lowest BCUT2D eigenvalue weighted by Gasteiger charge is -2.24. The molecule has 0 bridgehead atoms. The van der Waals surface area contributed by atoms with Crippen molar-refractivity contribution >= 4 is 19.8 Å². The van der Waals surface area contributed by atoms with Crippen molar-refractivity contribution in [3.63, 3.8) is 0 Å². The summed E-state index contributed by atoms with van der Waals surface area (Å²) in [5.74, 6) is -0.940. The number of esters is 2. The van der Waals surface area contributed by atoms with Crippen LogP contribution in [0.2, 0.25) is 0 Å². The molecule has 0 aliphatic carbocycles. The van der Waals surface area contributed by atoms with Gasteiger partial charge in [0.1, 0.15) is 19.8 Å². The third-order valence-corrected chi connectivity index (χ3v) is 12.1. The van der Waals surface area contributed by atoms with E-state index in [-0.39, 0.29) is 32.0 Å². The van der Waals surface area contributed by atoms with E-state index in [2.05, 4.69) is 56.4 Å². The maximum absolute atomic E-state index is 12.7. The Labute approximate surface area is 394 Å². The molecule has 1 N–H and O–H groups in total. The van der Waals surface area contributed by atoms with Crippen LogP contribution in [0.4, 0.5) is 0 Å². The number of nitrogens with zero attached hydrogens (tertiary/aromatic N) is 1. The third-order valence-electron chi connectivity index (χ3n) is 11.1. The number of carbonyl (C=O) groups is 2. The molecule has 0 saturated heterocycles. The number of phosphoric acid groups is 1. The van der Waals surface area contributed by atoms with Gasteiger partial charge in [0.25, 0.3) is 0 Å².